The molecule has 0 atom stereocenters. The van der Waals surface area contributed by atoms with E-state index in [1.165, 1.54) is 11.1 Å². The van der Waals surface area contributed by atoms with Crippen LogP contribution in [0.5, 0.6) is 0 Å². The smallest absolute Gasteiger partial charge is 0.141 e. The molecule has 3 nitrogen and oxygen atoms in total. The summed E-state index contributed by atoms with van der Waals surface area (Å²) in [6.07, 6.45) is 0. The Hall–Kier alpha value is -2.91. The monoisotopic (exact) mass is 327 g/mol. The molecule has 0 saturated heterocycles. The molecule has 124 valence electrons. The Balaban J connectivity index is 1.87. The van der Waals surface area contributed by atoms with Crippen molar-refractivity contribution in [2.45, 2.75) is 20.0 Å². The van der Waals surface area contributed by atoms with Crippen molar-refractivity contribution in [1.82, 2.24) is 9.55 Å². The highest BCUT2D eigenvalue weighted by Gasteiger charge is 2.13. The fourth-order valence-electron chi connectivity index (χ4n) is 3.20. The molecule has 3 aromatic carbocycles. The summed E-state index contributed by atoms with van der Waals surface area (Å²) in [4.78, 5) is 4.90. The van der Waals surface area contributed by atoms with Crippen molar-refractivity contribution < 1.29 is 0 Å². The van der Waals surface area contributed by atoms with Gasteiger partial charge in [-0.25, -0.2) is 4.98 Å². The van der Waals surface area contributed by atoms with E-state index in [0.717, 1.165) is 34.5 Å². The van der Waals surface area contributed by atoms with Gasteiger partial charge in [0.1, 0.15) is 5.82 Å². The first kappa shape index (κ1) is 15.6. The van der Waals surface area contributed by atoms with Gasteiger partial charge in [0.05, 0.1) is 11.0 Å². The number of benzene rings is 3. The summed E-state index contributed by atoms with van der Waals surface area (Å²) in [5, 5.41) is 0. The molecule has 0 saturated carbocycles. The van der Waals surface area contributed by atoms with Gasteiger partial charge in [-0.1, -0.05) is 60.7 Å². The van der Waals surface area contributed by atoms with Gasteiger partial charge in [0.2, 0.25) is 0 Å². The Morgan fingerprint density at radius 1 is 0.880 bits per heavy atom. The van der Waals surface area contributed by atoms with E-state index >= 15 is 0 Å². The normalized spacial score (nSPS) is 11.1. The standard InChI is InChI=1S/C22H21N3/c1-16-6-2-3-7-19(16)15-25-21-9-5-4-8-20(21)24-22(25)18-12-10-17(14-23)11-13-18/h2-13H,14-15,23H2,1H3. The molecule has 0 aliphatic heterocycles. The number of hydrogen-bond donors (Lipinski definition) is 1. The largest absolute Gasteiger partial charge is 0.326 e. The molecule has 25 heavy (non-hydrogen) atoms. The molecule has 1 aromatic heterocycles. The molecule has 4 aromatic rings. The second-order valence-corrected chi connectivity index (χ2v) is 6.34. The summed E-state index contributed by atoms with van der Waals surface area (Å²) < 4.78 is 2.30. The lowest BCUT2D eigenvalue weighted by molar-refractivity contribution is 0.828. The molecule has 0 radical (unpaired) electrons. The highest BCUT2D eigenvalue weighted by atomic mass is 15.1. The van der Waals surface area contributed by atoms with E-state index in [-0.39, 0.29) is 0 Å². The molecule has 0 unspecified atom stereocenters. The number of nitrogens with zero attached hydrogens (tertiary/aromatic N) is 2. The lowest BCUT2D eigenvalue weighted by atomic mass is 10.1. The van der Waals surface area contributed by atoms with Crippen molar-refractivity contribution in [2.24, 2.45) is 5.73 Å². The van der Waals surface area contributed by atoms with Gasteiger partial charge in [-0.2, -0.15) is 0 Å². The van der Waals surface area contributed by atoms with E-state index in [2.05, 4.69) is 78.2 Å². The number of imidazole rings is 1. The molecular weight excluding hydrogens is 306 g/mol. The van der Waals surface area contributed by atoms with Crippen LogP contribution in [0.15, 0.2) is 72.8 Å². The first-order valence-electron chi connectivity index (χ1n) is 8.55. The topological polar surface area (TPSA) is 43.8 Å². The number of rotatable bonds is 4. The van der Waals surface area contributed by atoms with Gasteiger partial charge in [0, 0.05) is 18.7 Å². The number of para-hydroxylation sites is 2. The van der Waals surface area contributed by atoms with Crippen molar-refractivity contribution in [3.05, 3.63) is 89.5 Å². The summed E-state index contributed by atoms with van der Waals surface area (Å²) in [5.74, 6) is 0.994. The third kappa shape index (κ3) is 2.94. The quantitative estimate of drug-likeness (QED) is 0.599. The minimum Gasteiger partial charge on any atom is -0.326 e. The molecule has 3 heteroatoms. The summed E-state index contributed by atoms with van der Waals surface area (Å²) >= 11 is 0. The van der Waals surface area contributed by atoms with Gasteiger partial charge < -0.3 is 10.3 Å². The van der Waals surface area contributed by atoms with Crippen LogP contribution >= 0.6 is 0 Å². The van der Waals surface area contributed by atoms with Gasteiger partial charge in [-0.3, -0.25) is 0 Å². The van der Waals surface area contributed by atoms with Crippen LogP contribution in [-0.2, 0) is 13.1 Å². The number of aryl methyl sites for hydroxylation is 1. The summed E-state index contributed by atoms with van der Waals surface area (Å²) in [5.41, 5.74) is 12.8. The van der Waals surface area contributed by atoms with Crippen LogP contribution in [0.4, 0.5) is 0 Å². The third-order valence-corrected chi connectivity index (χ3v) is 4.69. The molecule has 0 aliphatic rings. The number of fused-ring (bicyclic) bond motifs is 1. The Morgan fingerprint density at radius 2 is 1.60 bits per heavy atom. The van der Waals surface area contributed by atoms with Gasteiger partial charge in [-0.05, 0) is 35.7 Å². The van der Waals surface area contributed by atoms with Crippen molar-refractivity contribution >= 4 is 11.0 Å². The average Bonchev–Trinajstić information content (AvgIpc) is 3.02. The average molecular weight is 327 g/mol. The Kier molecular flexibility index (Phi) is 4.08. The van der Waals surface area contributed by atoms with Gasteiger partial charge in [-0.15, -0.1) is 0 Å². The van der Waals surface area contributed by atoms with E-state index in [0.29, 0.717) is 6.54 Å². The zero-order chi connectivity index (χ0) is 17.2. The number of nitrogens with two attached hydrogens (primary N) is 1. The van der Waals surface area contributed by atoms with E-state index in [1.807, 2.05) is 6.07 Å². The zero-order valence-electron chi connectivity index (χ0n) is 14.3. The van der Waals surface area contributed by atoms with Crippen molar-refractivity contribution in [1.29, 1.82) is 0 Å². The lowest BCUT2D eigenvalue weighted by Gasteiger charge is -2.12. The maximum atomic E-state index is 5.73. The van der Waals surface area contributed by atoms with E-state index in [1.54, 1.807) is 0 Å². The second kappa shape index (κ2) is 6.54. The van der Waals surface area contributed by atoms with E-state index in [4.69, 9.17) is 10.7 Å². The molecule has 0 fully saturated rings. The molecule has 4 rings (SSSR count). The summed E-state index contributed by atoms with van der Waals surface area (Å²) in [7, 11) is 0. The second-order valence-electron chi connectivity index (χ2n) is 6.34. The fourth-order valence-corrected chi connectivity index (χ4v) is 3.20. The molecular formula is C22H21N3. The molecule has 2 N–H and O–H groups in total. The Labute approximate surface area is 147 Å². The van der Waals surface area contributed by atoms with Crippen molar-refractivity contribution in [2.75, 3.05) is 0 Å². The van der Waals surface area contributed by atoms with Crippen molar-refractivity contribution in [3.63, 3.8) is 0 Å². The van der Waals surface area contributed by atoms with Crippen molar-refractivity contribution in [3.8, 4) is 11.4 Å². The van der Waals surface area contributed by atoms with Crippen LogP contribution in [0.3, 0.4) is 0 Å². The summed E-state index contributed by atoms with van der Waals surface area (Å²) in [6, 6.07) is 25.2. The third-order valence-electron chi connectivity index (χ3n) is 4.69. The maximum Gasteiger partial charge on any atom is 0.141 e. The van der Waals surface area contributed by atoms with Crippen LogP contribution in [0.25, 0.3) is 22.4 Å². The van der Waals surface area contributed by atoms with Gasteiger partial charge in [0.15, 0.2) is 0 Å². The highest BCUT2D eigenvalue weighted by Crippen LogP contribution is 2.26. The van der Waals surface area contributed by atoms with Gasteiger partial charge in [0.25, 0.3) is 0 Å². The predicted octanol–water partition coefficient (Wildman–Crippen LogP) is 4.52. The first-order valence-corrected chi connectivity index (χ1v) is 8.55. The Bertz CT molecular complexity index is 1010. The van der Waals surface area contributed by atoms with Crippen LogP contribution in [0.2, 0.25) is 0 Å². The van der Waals surface area contributed by atoms with Crippen LogP contribution in [-0.4, -0.2) is 9.55 Å². The Morgan fingerprint density at radius 3 is 2.36 bits per heavy atom. The lowest BCUT2D eigenvalue weighted by Crippen LogP contribution is -2.04. The predicted molar refractivity (Wildman–Crippen MR) is 103 cm³/mol. The maximum absolute atomic E-state index is 5.73. The zero-order valence-corrected chi connectivity index (χ0v) is 14.3. The summed E-state index contributed by atoms with van der Waals surface area (Å²) in [6.45, 7) is 3.52. The highest BCUT2D eigenvalue weighted by molar-refractivity contribution is 5.80. The van der Waals surface area contributed by atoms with E-state index in [9.17, 15) is 0 Å². The first-order chi connectivity index (χ1) is 12.3. The molecule has 0 spiro atoms. The van der Waals surface area contributed by atoms with Crippen LogP contribution < -0.4 is 5.73 Å². The molecule has 0 aliphatic carbocycles. The number of aromatic nitrogens is 2. The molecule has 0 amide bonds. The fraction of sp³-hybridized carbons (Fsp3) is 0.136. The van der Waals surface area contributed by atoms with E-state index < -0.39 is 0 Å². The van der Waals surface area contributed by atoms with Crippen LogP contribution in [0.1, 0.15) is 16.7 Å². The SMILES string of the molecule is Cc1ccccc1Cn1c(-c2ccc(CN)cc2)nc2ccccc21. The molecule has 1 heterocycles. The minimum atomic E-state index is 0.555. The molecule has 0 bridgehead atoms. The number of hydrogen-bond acceptors (Lipinski definition) is 2. The minimum absolute atomic E-state index is 0.555. The van der Waals surface area contributed by atoms with Crippen LogP contribution in [0, 0.1) is 6.92 Å². The van der Waals surface area contributed by atoms with Gasteiger partial charge >= 0.3 is 0 Å².